The van der Waals surface area contributed by atoms with Gasteiger partial charge in [0.1, 0.15) is 6.04 Å². The van der Waals surface area contributed by atoms with Gasteiger partial charge < -0.3 is 15.3 Å². The molecule has 1 saturated heterocycles. The standard InChI is InChI=1S/C10H16N2O4/c1-7(13)11-5-4-9(14)12-6-2-3-8(12)10(15)16/h8H,2-6H2,1H3,(H,11,13)(H,15,16)/t8-/m0/s1. The normalized spacial score (nSPS) is 19.6. The Hall–Kier alpha value is -1.59. The molecule has 1 atom stereocenters. The quantitative estimate of drug-likeness (QED) is 0.684. The predicted octanol–water partition coefficient (Wildman–Crippen LogP) is -0.412. The molecule has 1 rings (SSSR count). The Morgan fingerprint density at radius 2 is 2.12 bits per heavy atom. The largest absolute Gasteiger partial charge is 0.480 e. The molecular formula is C10H16N2O4. The molecule has 1 aliphatic rings. The number of likely N-dealkylation sites (tertiary alicyclic amines) is 1. The van der Waals surface area contributed by atoms with Gasteiger partial charge in [0.15, 0.2) is 0 Å². The maximum atomic E-state index is 11.7. The summed E-state index contributed by atoms with van der Waals surface area (Å²) in [6.07, 6.45) is 1.40. The fourth-order valence-corrected chi connectivity index (χ4v) is 1.81. The second-order valence-electron chi connectivity index (χ2n) is 3.82. The van der Waals surface area contributed by atoms with Crippen molar-refractivity contribution in [3.63, 3.8) is 0 Å². The van der Waals surface area contributed by atoms with Crippen LogP contribution in [-0.4, -0.2) is 46.9 Å². The molecule has 0 spiro atoms. The van der Waals surface area contributed by atoms with Gasteiger partial charge in [-0.2, -0.15) is 0 Å². The predicted molar refractivity (Wildman–Crippen MR) is 55.7 cm³/mol. The molecule has 0 bridgehead atoms. The van der Waals surface area contributed by atoms with E-state index in [0.29, 0.717) is 13.0 Å². The smallest absolute Gasteiger partial charge is 0.326 e. The summed E-state index contributed by atoms with van der Waals surface area (Å²) >= 11 is 0. The van der Waals surface area contributed by atoms with E-state index in [-0.39, 0.29) is 24.8 Å². The van der Waals surface area contributed by atoms with Gasteiger partial charge in [-0.25, -0.2) is 4.79 Å². The summed E-state index contributed by atoms with van der Waals surface area (Å²) in [5, 5.41) is 11.4. The number of carboxylic acid groups (broad SMARTS) is 1. The highest BCUT2D eigenvalue weighted by Gasteiger charge is 2.33. The SMILES string of the molecule is CC(=O)NCCC(=O)N1CCC[C@H]1C(=O)O. The van der Waals surface area contributed by atoms with Crippen LogP contribution < -0.4 is 5.32 Å². The summed E-state index contributed by atoms with van der Waals surface area (Å²) in [5.41, 5.74) is 0. The lowest BCUT2D eigenvalue weighted by atomic mass is 10.2. The van der Waals surface area contributed by atoms with Gasteiger partial charge in [-0.1, -0.05) is 0 Å². The van der Waals surface area contributed by atoms with Gasteiger partial charge in [-0.3, -0.25) is 9.59 Å². The van der Waals surface area contributed by atoms with Gasteiger partial charge >= 0.3 is 5.97 Å². The first kappa shape index (κ1) is 12.5. The van der Waals surface area contributed by atoms with Crippen LogP contribution in [0, 0.1) is 0 Å². The number of hydrogen-bond donors (Lipinski definition) is 2. The van der Waals surface area contributed by atoms with Gasteiger partial charge in [0, 0.05) is 26.4 Å². The molecule has 0 unspecified atom stereocenters. The maximum absolute atomic E-state index is 11.7. The van der Waals surface area contributed by atoms with Crippen molar-refractivity contribution in [3.8, 4) is 0 Å². The van der Waals surface area contributed by atoms with Crippen molar-refractivity contribution in [1.29, 1.82) is 0 Å². The average Bonchev–Trinajstić information content (AvgIpc) is 2.65. The fraction of sp³-hybridized carbons (Fsp3) is 0.700. The van der Waals surface area contributed by atoms with E-state index in [0.717, 1.165) is 6.42 Å². The number of rotatable bonds is 4. The molecule has 1 heterocycles. The van der Waals surface area contributed by atoms with E-state index >= 15 is 0 Å². The third kappa shape index (κ3) is 3.22. The molecule has 0 saturated carbocycles. The Balaban J connectivity index is 2.41. The van der Waals surface area contributed by atoms with Gasteiger partial charge in [-0.05, 0) is 12.8 Å². The number of nitrogens with zero attached hydrogens (tertiary/aromatic N) is 1. The lowest BCUT2D eigenvalue weighted by molar-refractivity contribution is -0.148. The van der Waals surface area contributed by atoms with Crippen LogP contribution in [0.25, 0.3) is 0 Å². The van der Waals surface area contributed by atoms with Crippen LogP contribution in [0.5, 0.6) is 0 Å². The monoisotopic (exact) mass is 228 g/mol. The molecule has 2 N–H and O–H groups in total. The molecule has 0 aromatic heterocycles. The van der Waals surface area contributed by atoms with Crippen molar-refractivity contribution < 1.29 is 19.5 Å². The molecule has 0 radical (unpaired) electrons. The van der Waals surface area contributed by atoms with E-state index in [2.05, 4.69) is 5.32 Å². The lowest BCUT2D eigenvalue weighted by Crippen LogP contribution is -2.41. The molecule has 6 nitrogen and oxygen atoms in total. The zero-order valence-electron chi connectivity index (χ0n) is 9.23. The highest BCUT2D eigenvalue weighted by molar-refractivity contribution is 5.84. The van der Waals surface area contributed by atoms with E-state index in [1.165, 1.54) is 11.8 Å². The van der Waals surface area contributed by atoms with Crippen molar-refractivity contribution in [2.75, 3.05) is 13.1 Å². The Bertz CT molecular complexity index is 303. The Labute approximate surface area is 93.6 Å². The number of aliphatic carboxylic acids is 1. The summed E-state index contributed by atoms with van der Waals surface area (Å²) in [7, 11) is 0. The van der Waals surface area contributed by atoms with Crippen LogP contribution in [0.3, 0.4) is 0 Å². The number of carboxylic acids is 1. The number of carbonyl (C=O) groups excluding carboxylic acids is 2. The van der Waals surface area contributed by atoms with E-state index in [1.54, 1.807) is 0 Å². The van der Waals surface area contributed by atoms with Gasteiger partial charge in [0.2, 0.25) is 11.8 Å². The molecule has 0 aromatic carbocycles. The summed E-state index contributed by atoms with van der Waals surface area (Å²) in [5.74, 6) is -1.35. The summed E-state index contributed by atoms with van der Waals surface area (Å²) in [4.78, 5) is 34.5. The third-order valence-corrected chi connectivity index (χ3v) is 2.57. The molecular weight excluding hydrogens is 212 g/mol. The molecule has 2 amide bonds. The zero-order valence-corrected chi connectivity index (χ0v) is 9.23. The zero-order chi connectivity index (χ0) is 12.1. The topological polar surface area (TPSA) is 86.7 Å². The van der Waals surface area contributed by atoms with Gasteiger partial charge in [0.05, 0.1) is 0 Å². The van der Waals surface area contributed by atoms with Crippen LogP contribution in [-0.2, 0) is 14.4 Å². The summed E-state index contributed by atoms with van der Waals surface area (Å²) in [6, 6.07) is -0.690. The summed E-state index contributed by atoms with van der Waals surface area (Å²) in [6.45, 7) is 2.13. The lowest BCUT2D eigenvalue weighted by Gasteiger charge is -2.21. The Morgan fingerprint density at radius 1 is 1.44 bits per heavy atom. The van der Waals surface area contributed by atoms with Crippen LogP contribution in [0.1, 0.15) is 26.2 Å². The number of amides is 2. The summed E-state index contributed by atoms with van der Waals surface area (Å²) < 4.78 is 0. The second kappa shape index (κ2) is 5.48. The average molecular weight is 228 g/mol. The number of carbonyl (C=O) groups is 3. The van der Waals surface area contributed by atoms with Crippen LogP contribution >= 0.6 is 0 Å². The highest BCUT2D eigenvalue weighted by atomic mass is 16.4. The molecule has 1 fully saturated rings. The van der Waals surface area contributed by atoms with Crippen molar-refractivity contribution >= 4 is 17.8 Å². The number of nitrogens with one attached hydrogen (secondary N) is 1. The third-order valence-electron chi connectivity index (χ3n) is 2.57. The van der Waals surface area contributed by atoms with Crippen LogP contribution in [0.15, 0.2) is 0 Å². The number of hydrogen-bond acceptors (Lipinski definition) is 3. The first-order chi connectivity index (χ1) is 7.52. The Morgan fingerprint density at radius 3 is 2.69 bits per heavy atom. The molecule has 1 aliphatic heterocycles. The van der Waals surface area contributed by atoms with Crippen molar-refractivity contribution in [3.05, 3.63) is 0 Å². The fourth-order valence-electron chi connectivity index (χ4n) is 1.81. The first-order valence-electron chi connectivity index (χ1n) is 5.29. The van der Waals surface area contributed by atoms with E-state index < -0.39 is 12.0 Å². The molecule has 16 heavy (non-hydrogen) atoms. The van der Waals surface area contributed by atoms with Crippen molar-refractivity contribution in [1.82, 2.24) is 10.2 Å². The minimum atomic E-state index is -0.953. The highest BCUT2D eigenvalue weighted by Crippen LogP contribution is 2.18. The van der Waals surface area contributed by atoms with Crippen molar-refractivity contribution in [2.24, 2.45) is 0 Å². The van der Waals surface area contributed by atoms with E-state index in [4.69, 9.17) is 5.11 Å². The van der Waals surface area contributed by atoms with Crippen molar-refractivity contribution in [2.45, 2.75) is 32.2 Å². The van der Waals surface area contributed by atoms with Crippen LogP contribution in [0.2, 0.25) is 0 Å². The second-order valence-corrected chi connectivity index (χ2v) is 3.82. The molecule has 0 aromatic rings. The van der Waals surface area contributed by atoms with E-state index in [9.17, 15) is 14.4 Å². The van der Waals surface area contributed by atoms with Crippen LogP contribution in [0.4, 0.5) is 0 Å². The molecule has 0 aliphatic carbocycles. The van der Waals surface area contributed by atoms with Gasteiger partial charge in [0.25, 0.3) is 0 Å². The Kier molecular flexibility index (Phi) is 4.28. The first-order valence-corrected chi connectivity index (χ1v) is 5.29. The van der Waals surface area contributed by atoms with E-state index in [1.807, 2.05) is 0 Å². The molecule has 6 heteroatoms. The maximum Gasteiger partial charge on any atom is 0.326 e. The minimum Gasteiger partial charge on any atom is -0.480 e. The van der Waals surface area contributed by atoms with Gasteiger partial charge in [-0.15, -0.1) is 0 Å². The molecule has 90 valence electrons. The minimum absolute atomic E-state index is 0.156.